The third-order valence-corrected chi connectivity index (χ3v) is 2.12. The van der Waals surface area contributed by atoms with E-state index in [0.717, 1.165) is 0 Å². The summed E-state index contributed by atoms with van der Waals surface area (Å²) in [6.45, 7) is -0.954. The maximum absolute atomic E-state index is 11.9. The maximum Gasteiger partial charge on any atom is 0.257 e. The summed E-state index contributed by atoms with van der Waals surface area (Å²) in [5, 5.41) is 2.22. The Morgan fingerprint density at radius 2 is 2.33 bits per heavy atom. The number of carbonyl (C=O) groups excluding carboxylic acids is 1. The molecule has 4 nitrogen and oxygen atoms in total. The predicted molar refractivity (Wildman–Crippen MR) is 55.9 cm³/mol. The van der Waals surface area contributed by atoms with E-state index in [1.807, 2.05) is 5.32 Å². The van der Waals surface area contributed by atoms with Crippen molar-refractivity contribution in [1.29, 1.82) is 0 Å². The molecule has 1 amide bonds. The van der Waals surface area contributed by atoms with Gasteiger partial charge in [0.15, 0.2) is 6.80 Å². The van der Waals surface area contributed by atoms with E-state index >= 15 is 0 Å². The monoisotopic (exact) mass is 232 g/mol. The van der Waals surface area contributed by atoms with Crippen LogP contribution in [0.15, 0.2) is 12.1 Å². The van der Waals surface area contributed by atoms with Crippen LogP contribution in [-0.4, -0.2) is 19.8 Å². The SMILES string of the molecule is COc1cc(N)c(Cl)cc1C(=O)NCF. The average Bonchev–Trinajstić information content (AvgIpc) is 2.21. The Bertz CT molecular complexity index is 385. The smallest absolute Gasteiger partial charge is 0.257 e. The van der Waals surface area contributed by atoms with Crippen molar-refractivity contribution in [2.75, 3.05) is 19.6 Å². The third kappa shape index (κ3) is 2.50. The number of amides is 1. The Morgan fingerprint density at radius 1 is 1.67 bits per heavy atom. The van der Waals surface area contributed by atoms with Gasteiger partial charge in [-0.25, -0.2) is 4.39 Å². The number of ether oxygens (including phenoxy) is 1. The van der Waals surface area contributed by atoms with Crippen molar-refractivity contribution < 1.29 is 13.9 Å². The molecule has 0 spiro atoms. The van der Waals surface area contributed by atoms with Gasteiger partial charge >= 0.3 is 0 Å². The molecule has 1 aromatic carbocycles. The fourth-order valence-corrected chi connectivity index (χ4v) is 1.24. The van der Waals surface area contributed by atoms with Crippen LogP contribution in [0, 0.1) is 0 Å². The quantitative estimate of drug-likeness (QED) is 0.614. The largest absolute Gasteiger partial charge is 0.496 e. The first-order valence-corrected chi connectivity index (χ1v) is 4.45. The van der Waals surface area contributed by atoms with Crippen LogP contribution in [0.2, 0.25) is 5.02 Å². The topological polar surface area (TPSA) is 64.3 Å². The van der Waals surface area contributed by atoms with Crippen LogP contribution in [0.5, 0.6) is 5.75 Å². The molecule has 82 valence electrons. The van der Waals surface area contributed by atoms with Gasteiger partial charge in [-0.15, -0.1) is 0 Å². The summed E-state index contributed by atoms with van der Waals surface area (Å²) < 4.78 is 16.8. The normalized spacial score (nSPS) is 9.80. The number of nitrogen functional groups attached to an aromatic ring is 1. The van der Waals surface area contributed by atoms with Crippen molar-refractivity contribution in [2.45, 2.75) is 0 Å². The summed E-state index contributed by atoms with van der Waals surface area (Å²) in [4.78, 5) is 11.4. The van der Waals surface area contributed by atoms with Crippen molar-refractivity contribution in [1.82, 2.24) is 5.32 Å². The van der Waals surface area contributed by atoms with Gasteiger partial charge in [0.25, 0.3) is 5.91 Å². The number of carbonyl (C=O) groups is 1. The fraction of sp³-hybridized carbons (Fsp3) is 0.222. The number of rotatable bonds is 3. The van der Waals surface area contributed by atoms with Crippen LogP contribution in [0.25, 0.3) is 0 Å². The van der Waals surface area contributed by atoms with E-state index in [2.05, 4.69) is 0 Å². The lowest BCUT2D eigenvalue weighted by Crippen LogP contribution is -2.22. The minimum Gasteiger partial charge on any atom is -0.496 e. The van der Waals surface area contributed by atoms with E-state index in [9.17, 15) is 9.18 Å². The molecule has 3 N–H and O–H groups in total. The van der Waals surface area contributed by atoms with Gasteiger partial charge in [-0.2, -0.15) is 0 Å². The van der Waals surface area contributed by atoms with E-state index < -0.39 is 12.7 Å². The number of hydrogen-bond acceptors (Lipinski definition) is 3. The van der Waals surface area contributed by atoms with Crippen molar-refractivity contribution in [3.8, 4) is 5.75 Å². The first kappa shape index (κ1) is 11.6. The highest BCUT2D eigenvalue weighted by Gasteiger charge is 2.14. The highest BCUT2D eigenvalue weighted by Crippen LogP contribution is 2.28. The molecule has 1 rings (SSSR count). The summed E-state index contributed by atoms with van der Waals surface area (Å²) in [5.41, 5.74) is 5.97. The maximum atomic E-state index is 11.9. The molecule has 0 bridgehead atoms. The molecule has 0 aliphatic heterocycles. The number of methoxy groups -OCH3 is 1. The number of halogens is 2. The number of nitrogens with one attached hydrogen (secondary N) is 1. The lowest BCUT2D eigenvalue weighted by molar-refractivity contribution is 0.0934. The molecule has 0 saturated carbocycles. The van der Waals surface area contributed by atoms with Crippen molar-refractivity contribution in [3.05, 3.63) is 22.7 Å². The van der Waals surface area contributed by atoms with Crippen LogP contribution >= 0.6 is 11.6 Å². The van der Waals surface area contributed by atoms with Crippen molar-refractivity contribution in [2.24, 2.45) is 0 Å². The van der Waals surface area contributed by atoms with Gasteiger partial charge in [0.2, 0.25) is 0 Å². The average molecular weight is 233 g/mol. The minimum absolute atomic E-state index is 0.148. The molecule has 1 aromatic rings. The van der Waals surface area contributed by atoms with E-state index in [0.29, 0.717) is 5.69 Å². The lowest BCUT2D eigenvalue weighted by Gasteiger charge is -2.09. The van der Waals surface area contributed by atoms with Gasteiger partial charge in [-0.1, -0.05) is 11.6 Å². The Morgan fingerprint density at radius 3 is 2.87 bits per heavy atom. The molecule has 0 unspecified atom stereocenters. The van der Waals surface area contributed by atoms with Crippen LogP contribution in [0.1, 0.15) is 10.4 Å². The molecule has 6 heteroatoms. The zero-order chi connectivity index (χ0) is 11.4. The summed E-state index contributed by atoms with van der Waals surface area (Å²) in [6.07, 6.45) is 0. The molecule has 0 atom stereocenters. The summed E-state index contributed by atoms with van der Waals surface area (Å²) in [6, 6.07) is 2.75. The van der Waals surface area contributed by atoms with Crippen LogP contribution < -0.4 is 15.8 Å². The number of anilines is 1. The highest BCUT2D eigenvalue weighted by atomic mass is 35.5. The molecular formula is C9H10ClFN2O2. The third-order valence-electron chi connectivity index (χ3n) is 1.79. The Hall–Kier alpha value is -1.49. The second-order valence-electron chi connectivity index (χ2n) is 2.71. The summed E-state index contributed by atoms with van der Waals surface area (Å²) >= 11 is 5.73. The van der Waals surface area contributed by atoms with Gasteiger partial charge in [0.05, 0.1) is 23.4 Å². The molecule has 0 aromatic heterocycles. The lowest BCUT2D eigenvalue weighted by atomic mass is 10.1. The predicted octanol–water partition coefficient (Wildman–Crippen LogP) is 1.59. The van der Waals surface area contributed by atoms with Crippen LogP contribution in [0.3, 0.4) is 0 Å². The molecule has 0 heterocycles. The van der Waals surface area contributed by atoms with Crippen LogP contribution in [-0.2, 0) is 0 Å². The van der Waals surface area contributed by atoms with Gasteiger partial charge < -0.3 is 15.8 Å². The van der Waals surface area contributed by atoms with E-state index in [4.69, 9.17) is 22.1 Å². The summed E-state index contributed by atoms with van der Waals surface area (Å²) in [7, 11) is 1.38. The minimum atomic E-state index is -0.954. The standard InChI is InChI=1S/C9H10ClFN2O2/c1-15-8-3-7(12)6(10)2-5(8)9(14)13-4-11/h2-3H,4,12H2,1H3,(H,13,14). The van der Waals surface area contributed by atoms with Crippen LogP contribution in [0.4, 0.5) is 10.1 Å². The fourth-order valence-electron chi connectivity index (χ4n) is 1.07. The molecular weight excluding hydrogens is 223 g/mol. The number of benzene rings is 1. The van der Waals surface area contributed by atoms with Gasteiger partial charge in [-0.05, 0) is 6.07 Å². The molecule has 0 radical (unpaired) electrons. The van der Waals surface area contributed by atoms with E-state index in [1.165, 1.54) is 19.2 Å². The number of nitrogens with two attached hydrogens (primary N) is 1. The zero-order valence-corrected chi connectivity index (χ0v) is 8.77. The van der Waals surface area contributed by atoms with Crippen molar-refractivity contribution >= 4 is 23.2 Å². The van der Waals surface area contributed by atoms with Crippen molar-refractivity contribution in [3.63, 3.8) is 0 Å². The summed E-state index contributed by atoms with van der Waals surface area (Å²) in [5.74, 6) is -0.348. The van der Waals surface area contributed by atoms with E-state index in [1.54, 1.807) is 0 Å². The molecule has 0 aliphatic carbocycles. The van der Waals surface area contributed by atoms with Gasteiger partial charge in [-0.3, -0.25) is 4.79 Å². The zero-order valence-electron chi connectivity index (χ0n) is 8.01. The second-order valence-corrected chi connectivity index (χ2v) is 3.12. The Labute approximate surface area is 91.2 Å². The first-order valence-electron chi connectivity index (χ1n) is 4.07. The number of hydrogen-bond donors (Lipinski definition) is 2. The molecule has 0 aliphatic rings. The highest BCUT2D eigenvalue weighted by molar-refractivity contribution is 6.33. The Balaban J connectivity index is 3.15. The van der Waals surface area contributed by atoms with E-state index in [-0.39, 0.29) is 16.3 Å². The van der Waals surface area contributed by atoms with Gasteiger partial charge in [0, 0.05) is 6.07 Å². The molecule has 15 heavy (non-hydrogen) atoms. The molecule has 0 fully saturated rings. The first-order chi connectivity index (χ1) is 7.10. The number of alkyl halides is 1. The molecule has 0 saturated heterocycles. The Kier molecular flexibility index (Phi) is 3.74. The second kappa shape index (κ2) is 4.84. The van der Waals surface area contributed by atoms with Gasteiger partial charge in [0.1, 0.15) is 5.75 Å².